The minimum atomic E-state index is -0.478. The largest absolute Gasteiger partial charge is 0.360 e. The first-order valence-corrected chi connectivity index (χ1v) is 10.4. The van der Waals surface area contributed by atoms with Crippen LogP contribution in [0.3, 0.4) is 0 Å². The van der Waals surface area contributed by atoms with Crippen LogP contribution < -0.4 is 4.90 Å². The number of aryl methyl sites for hydroxylation is 1. The number of aromatic amines is 1. The Kier molecular flexibility index (Phi) is 4.77. The molecule has 0 bridgehead atoms. The number of nitrogens with zero attached hydrogens (tertiary/aromatic N) is 5. The fourth-order valence-electron chi connectivity index (χ4n) is 4.26. The van der Waals surface area contributed by atoms with E-state index in [2.05, 4.69) is 19.8 Å². The van der Waals surface area contributed by atoms with Crippen LogP contribution in [0.15, 0.2) is 42.5 Å². The Morgan fingerprint density at radius 3 is 2.75 bits per heavy atom. The van der Waals surface area contributed by atoms with Crippen molar-refractivity contribution < 1.29 is 4.39 Å². The third-order valence-electron chi connectivity index (χ3n) is 5.75. The fraction of sp³-hybridized carbons (Fsp3) is 0.167. The van der Waals surface area contributed by atoms with Crippen molar-refractivity contribution in [2.45, 2.75) is 19.4 Å². The first-order valence-electron chi connectivity index (χ1n) is 9.98. The summed E-state index contributed by atoms with van der Waals surface area (Å²) in [6, 6.07) is 14.3. The molecule has 6 nitrogen and oxygen atoms in total. The quantitative estimate of drug-likeness (QED) is 0.408. The van der Waals surface area contributed by atoms with E-state index in [0.29, 0.717) is 24.4 Å². The maximum absolute atomic E-state index is 14.1. The molecule has 1 N–H and O–H groups in total. The number of hydrogen-bond acceptors (Lipinski definition) is 4. The van der Waals surface area contributed by atoms with Crippen molar-refractivity contribution in [3.63, 3.8) is 0 Å². The predicted octanol–water partition coefficient (Wildman–Crippen LogP) is 5.63. The van der Waals surface area contributed by atoms with Crippen molar-refractivity contribution in [3.8, 4) is 6.07 Å². The van der Waals surface area contributed by atoms with Gasteiger partial charge in [-0.15, -0.1) is 0 Å². The number of aromatic nitrogens is 3. The SMILES string of the molecule is [C-]#[N+]c1cc(C#N)nc(N2CCc3c([nH]c4cc(F)c(Cl)cc34)C2c2ccc(C)cc2)n1. The van der Waals surface area contributed by atoms with E-state index in [4.69, 9.17) is 18.2 Å². The molecule has 3 heterocycles. The van der Waals surface area contributed by atoms with Crippen LogP contribution in [0.25, 0.3) is 15.7 Å². The van der Waals surface area contributed by atoms with Gasteiger partial charge in [0.25, 0.3) is 5.82 Å². The molecule has 156 valence electrons. The number of hydrogen-bond donors (Lipinski definition) is 1. The van der Waals surface area contributed by atoms with Crippen LogP contribution in [0.4, 0.5) is 16.2 Å². The zero-order chi connectivity index (χ0) is 22.4. The molecule has 1 aliphatic heterocycles. The lowest BCUT2D eigenvalue weighted by Gasteiger charge is -2.35. The van der Waals surface area contributed by atoms with Gasteiger partial charge >= 0.3 is 5.95 Å². The van der Waals surface area contributed by atoms with Crippen molar-refractivity contribution in [3.05, 3.63) is 92.8 Å². The normalized spacial score (nSPS) is 15.3. The molecule has 0 radical (unpaired) electrons. The second-order valence-electron chi connectivity index (χ2n) is 7.72. The van der Waals surface area contributed by atoms with E-state index in [9.17, 15) is 9.65 Å². The lowest BCUT2D eigenvalue weighted by Crippen LogP contribution is -2.37. The van der Waals surface area contributed by atoms with Crippen molar-refractivity contribution in [2.75, 3.05) is 11.4 Å². The van der Waals surface area contributed by atoms with Gasteiger partial charge in [-0.25, -0.2) is 4.39 Å². The van der Waals surface area contributed by atoms with Crippen LogP contribution in [0, 0.1) is 30.6 Å². The van der Waals surface area contributed by atoms with Gasteiger partial charge in [0.1, 0.15) is 17.6 Å². The van der Waals surface area contributed by atoms with Gasteiger partial charge < -0.3 is 14.7 Å². The molecule has 0 spiro atoms. The van der Waals surface area contributed by atoms with E-state index >= 15 is 0 Å². The molecule has 1 atom stereocenters. The van der Waals surface area contributed by atoms with Crippen LogP contribution in [0.2, 0.25) is 5.02 Å². The molecule has 0 fully saturated rings. The highest BCUT2D eigenvalue weighted by Crippen LogP contribution is 2.41. The Bertz CT molecular complexity index is 1410. The van der Waals surface area contributed by atoms with Crippen molar-refractivity contribution in [1.82, 2.24) is 15.0 Å². The molecule has 1 aliphatic rings. The van der Waals surface area contributed by atoms with E-state index in [-0.39, 0.29) is 22.6 Å². The minimum absolute atomic E-state index is 0.0837. The summed E-state index contributed by atoms with van der Waals surface area (Å²) < 4.78 is 14.1. The molecule has 1 unspecified atom stereocenters. The molecule has 32 heavy (non-hydrogen) atoms. The number of benzene rings is 2. The zero-order valence-corrected chi connectivity index (χ0v) is 17.8. The highest BCUT2D eigenvalue weighted by Gasteiger charge is 2.35. The number of nitriles is 1. The Morgan fingerprint density at radius 2 is 2.03 bits per heavy atom. The minimum Gasteiger partial charge on any atom is -0.360 e. The van der Waals surface area contributed by atoms with Crippen LogP contribution >= 0.6 is 11.6 Å². The number of halogens is 2. The van der Waals surface area contributed by atoms with Gasteiger partial charge in [-0.1, -0.05) is 53.0 Å². The Balaban J connectivity index is 1.74. The molecule has 0 saturated carbocycles. The zero-order valence-electron chi connectivity index (χ0n) is 17.0. The third kappa shape index (κ3) is 3.24. The average Bonchev–Trinajstić information content (AvgIpc) is 3.16. The first kappa shape index (κ1) is 20.0. The molecule has 5 rings (SSSR count). The lowest BCUT2D eigenvalue weighted by molar-refractivity contribution is 0.626. The fourth-order valence-corrected chi connectivity index (χ4v) is 4.42. The number of nitrogens with one attached hydrogen (secondary N) is 1. The van der Waals surface area contributed by atoms with E-state index in [1.807, 2.05) is 42.2 Å². The second kappa shape index (κ2) is 7.64. The summed E-state index contributed by atoms with van der Waals surface area (Å²) >= 11 is 6.07. The van der Waals surface area contributed by atoms with Gasteiger partial charge in [-0.05, 0) is 36.6 Å². The van der Waals surface area contributed by atoms with E-state index in [1.165, 1.54) is 12.1 Å². The van der Waals surface area contributed by atoms with Gasteiger partial charge in [0, 0.05) is 29.2 Å². The van der Waals surface area contributed by atoms with E-state index in [0.717, 1.165) is 27.8 Å². The summed E-state index contributed by atoms with van der Waals surface area (Å²) in [5.74, 6) is -0.0482. The number of anilines is 1. The average molecular weight is 443 g/mol. The summed E-state index contributed by atoms with van der Waals surface area (Å²) in [5, 5.41) is 10.4. The number of H-pyrrole nitrogens is 1. The Labute approximate surface area is 188 Å². The van der Waals surface area contributed by atoms with E-state index in [1.54, 1.807) is 6.07 Å². The molecular formula is C24H16ClFN6. The predicted molar refractivity (Wildman–Crippen MR) is 120 cm³/mol. The molecule has 2 aromatic carbocycles. The molecule has 0 aliphatic carbocycles. The van der Waals surface area contributed by atoms with Crippen LogP contribution in [-0.4, -0.2) is 21.5 Å². The number of fused-ring (bicyclic) bond motifs is 3. The van der Waals surface area contributed by atoms with Gasteiger partial charge in [-0.3, -0.25) is 0 Å². The lowest BCUT2D eigenvalue weighted by atomic mass is 9.92. The van der Waals surface area contributed by atoms with Gasteiger partial charge in [-0.2, -0.15) is 10.2 Å². The van der Waals surface area contributed by atoms with Crippen molar-refractivity contribution in [1.29, 1.82) is 5.26 Å². The molecule has 4 aromatic rings. The number of rotatable bonds is 2. The first-order chi connectivity index (χ1) is 15.5. The maximum atomic E-state index is 14.1. The summed E-state index contributed by atoms with van der Waals surface area (Å²) in [6.07, 6.45) is 0.646. The van der Waals surface area contributed by atoms with Crippen LogP contribution in [-0.2, 0) is 6.42 Å². The molecule has 2 aromatic heterocycles. The summed E-state index contributed by atoms with van der Waals surface area (Å²) in [7, 11) is 0. The van der Waals surface area contributed by atoms with E-state index < -0.39 is 5.82 Å². The second-order valence-corrected chi connectivity index (χ2v) is 8.13. The molecule has 8 heteroatoms. The van der Waals surface area contributed by atoms with Gasteiger partial charge in [0.2, 0.25) is 0 Å². The topological polar surface area (TPSA) is 73.0 Å². The summed E-state index contributed by atoms with van der Waals surface area (Å²) in [6.45, 7) is 9.92. The standard InChI is InChI=1S/C24H16ClFN6/c1-13-3-5-14(6-4-13)23-22-16(17-10-18(25)19(26)11-20(17)30-22)7-8-32(23)24-29-15(12-27)9-21(28-2)31-24/h3-6,9-11,23,30H,7-8H2,1H3. The van der Waals surface area contributed by atoms with Crippen LogP contribution in [0.1, 0.15) is 34.1 Å². The highest BCUT2D eigenvalue weighted by atomic mass is 35.5. The molecule has 0 saturated heterocycles. The summed E-state index contributed by atoms with van der Waals surface area (Å²) in [4.78, 5) is 17.5. The summed E-state index contributed by atoms with van der Waals surface area (Å²) in [5.41, 5.74) is 4.88. The van der Waals surface area contributed by atoms with Gasteiger partial charge in [0.15, 0.2) is 0 Å². The van der Waals surface area contributed by atoms with Gasteiger partial charge in [0.05, 0.1) is 11.1 Å². The Hall–Kier alpha value is -3.94. The maximum Gasteiger partial charge on any atom is 0.324 e. The third-order valence-corrected chi connectivity index (χ3v) is 6.04. The smallest absolute Gasteiger partial charge is 0.324 e. The highest BCUT2D eigenvalue weighted by molar-refractivity contribution is 6.31. The molecular weight excluding hydrogens is 427 g/mol. The van der Waals surface area contributed by atoms with Crippen molar-refractivity contribution >= 4 is 34.3 Å². The van der Waals surface area contributed by atoms with Crippen LogP contribution in [0.5, 0.6) is 0 Å². The molecule has 0 amide bonds. The Morgan fingerprint density at radius 1 is 1.25 bits per heavy atom. The van der Waals surface area contributed by atoms with Crippen molar-refractivity contribution in [2.24, 2.45) is 0 Å². The monoisotopic (exact) mass is 442 g/mol.